The molecule has 0 bridgehead atoms. The molecule has 0 radical (unpaired) electrons. The lowest BCUT2D eigenvalue weighted by Crippen LogP contribution is -1.88. The second kappa shape index (κ2) is 2.53. The average molecular weight is 201 g/mol. The van der Waals surface area contributed by atoms with E-state index in [1.165, 1.54) is 11.3 Å². The van der Waals surface area contributed by atoms with Crippen LogP contribution in [-0.4, -0.2) is 15.0 Å². The molecule has 2 N–H and O–H groups in total. The molecule has 0 aromatic carbocycles. The first-order valence-corrected chi connectivity index (χ1v) is 4.42. The van der Waals surface area contributed by atoms with Crippen molar-refractivity contribution in [2.75, 3.05) is 5.73 Å². The molecule has 4 nitrogen and oxygen atoms in total. The van der Waals surface area contributed by atoms with E-state index in [-0.39, 0.29) is 0 Å². The Morgan fingerprint density at radius 1 is 1.33 bits per heavy atom. The number of fused-ring (bicyclic) bond motifs is 1. The Labute approximate surface area is 77.4 Å². The minimum atomic E-state index is 0.423. The van der Waals surface area contributed by atoms with E-state index in [0.29, 0.717) is 21.8 Å². The maximum absolute atomic E-state index is 5.84. The molecular weight excluding hydrogens is 196 g/mol. The van der Waals surface area contributed by atoms with Crippen molar-refractivity contribution < 1.29 is 0 Å². The van der Waals surface area contributed by atoms with Gasteiger partial charge in [-0.15, -0.1) is 0 Å². The molecule has 0 aliphatic carbocycles. The number of aromatic nitrogens is 3. The summed E-state index contributed by atoms with van der Waals surface area (Å²) in [5.74, 6) is 0.609. The van der Waals surface area contributed by atoms with E-state index in [1.54, 1.807) is 6.92 Å². The van der Waals surface area contributed by atoms with E-state index in [2.05, 4.69) is 15.0 Å². The summed E-state index contributed by atoms with van der Waals surface area (Å²) in [6.45, 7) is 1.76. The lowest BCUT2D eigenvalue weighted by atomic mass is 10.6. The van der Waals surface area contributed by atoms with Gasteiger partial charge in [-0.3, -0.25) is 0 Å². The zero-order valence-corrected chi connectivity index (χ0v) is 7.78. The molecule has 6 heteroatoms. The van der Waals surface area contributed by atoms with Crippen LogP contribution in [-0.2, 0) is 0 Å². The van der Waals surface area contributed by atoms with Crippen molar-refractivity contribution in [2.24, 2.45) is 0 Å². The first-order chi connectivity index (χ1) is 5.66. The minimum Gasteiger partial charge on any atom is -0.375 e. The van der Waals surface area contributed by atoms with Gasteiger partial charge in [0.15, 0.2) is 15.9 Å². The quantitative estimate of drug-likeness (QED) is 0.657. The number of halogens is 1. The topological polar surface area (TPSA) is 64.7 Å². The molecule has 0 unspecified atom stereocenters. The van der Waals surface area contributed by atoms with Crippen molar-refractivity contribution in [1.29, 1.82) is 0 Å². The molecule has 2 heterocycles. The van der Waals surface area contributed by atoms with Crippen molar-refractivity contribution in [3.63, 3.8) is 0 Å². The molecule has 2 aromatic heterocycles. The van der Waals surface area contributed by atoms with E-state index in [1.807, 2.05) is 0 Å². The summed E-state index contributed by atoms with van der Waals surface area (Å²) in [6, 6.07) is 0. The lowest BCUT2D eigenvalue weighted by molar-refractivity contribution is 1.08. The largest absolute Gasteiger partial charge is 0.375 e. The highest BCUT2D eigenvalue weighted by molar-refractivity contribution is 7.22. The number of nitrogens with zero attached hydrogens (tertiary/aromatic N) is 3. The van der Waals surface area contributed by atoms with Crippen LogP contribution in [0.3, 0.4) is 0 Å². The molecule has 0 aliphatic rings. The summed E-state index contributed by atoms with van der Waals surface area (Å²) >= 11 is 7.14. The highest BCUT2D eigenvalue weighted by Gasteiger charge is 2.07. The summed E-state index contributed by atoms with van der Waals surface area (Å²) in [5, 5.41) is 0.888. The van der Waals surface area contributed by atoms with Gasteiger partial charge in [0.1, 0.15) is 10.5 Å². The zero-order valence-electron chi connectivity index (χ0n) is 6.21. The van der Waals surface area contributed by atoms with Gasteiger partial charge in [0, 0.05) is 0 Å². The number of nitrogens with two attached hydrogens (primary N) is 1. The second-order valence-electron chi connectivity index (χ2n) is 2.27. The first-order valence-electron chi connectivity index (χ1n) is 3.23. The van der Waals surface area contributed by atoms with Crippen molar-refractivity contribution in [3.8, 4) is 0 Å². The standard InChI is InChI=1S/C6H5ClN4S/c1-2-9-4(7)3-5(10-2)11-6(8)12-3/h1H3,(H2,8,9,10,11). The molecule has 12 heavy (non-hydrogen) atoms. The fraction of sp³-hybridized carbons (Fsp3) is 0.167. The third-order valence-electron chi connectivity index (χ3n) is 1.34. The third-order valence-corrected chi connectivity index (χ3v) is 2.61. The maximum atomic E-state index is 5.84. The summed E-state index contributed by atoms with van der Waals surface area (Å²) in [5.41, 5.74) is 6.07. The average Bonchev–Trinajstić information content (AvgIpc) is 2.29. The van der Waals surface area contributed by atoms with E-state index in [9.17, 15) is 0 Å². The molecular formula is C6H5ClN4S. The van der Waals surface area contributed by atoms with Gasteiger partial charge < -0.3 is 5.73 Å². The van der Waals surface area contributed by atoms with E-state index < -0.39 is 0 Å². The fourth-order valence-corrected chi connectivity index (χ4v) is 1.89. The fourth-order valence-electron chi connectivity index (χ4n) is 0.909. The van der Waals surface area contributed by atoms with Crippen LogP contribution in [0.25, 0.3) is 10.3 Å². The highest BCUT2D eigenvalue weighted by Crippen LogP contribution is 2.27. The molecule has 0 spiro atoms. The molecule has 0 saturated carbocycles. The molecule has 0 amide bonds. The van der Waals surface area contributed by atoms with E-state index in [0.717, 1.165) is 4.70 Å². The SMILES string of the molecule is Cc1nc(Cl)c2sc(N)nc2n1. The monoisotopic (exact) mass is 200 g/mol. The number of aryl methyl sites for hydroxylation is 1. The first kappa shape index (κ1) is 7.70. The van der Waals surface area contributed by atoms with Gasteiger partial charge in [0.2, 0.25) is 0 Å². The molecule has 0 saturated heterocycles. The Balaban J connectivity index is 2.88. The van der Waals surface area contributed by atoms with Crippen LogP contribution in [0.5, 0.6) is 0 Å². The maximum Gasteiger partial charge on any atom is 0.182 e. The summed E-state index contributed by atoms with van der Waals surface area (Å²) in [6.07, 6.45) is 0. The summed E-state index contributed by atoms with van der Waals surface area (Å²) in [7, 11) is 0. The van der Waals surface area contributed by atoms with Crippen molar-refractivity contribution in [1.82, 2.24) is 15.0 Å². The number of nitrogen functional groups attached to an aromatic ring is 1. The Hall–Kier alpha value is -0.940. The van der Waals surface area contributed by atoms with Crippen LogP contribution in [0.2, 0.25) is 5.15 Å². The number of thiazole rings is 1. The van der Waals surface area contributed by atoms with Gasteiger partial charge in [-0.05, 0) is 6.92 Å². The smallest absolute Gasteiger partial charge is 0.182 e. The molecule has 0 atom stereocenters. The summed E-state index contributed by atoms with van der Waals surface area (Å²) < 4.78 is 0.750. The number of rotatable bonds is 0. The van der Waals surface area contributed by atoms with Crippen LogP contribution in [0, 0.1) is 6.92 Å². The van der Waals surface area contributed by atoms with Crippen LogP contribution >= 0.6 is 22.9 Å². The number of anilines is 1. The van der Waals surface area contributed by atoms with Crippen LogP contribution in [0.4, 0.5) is 5.13 Å². The van der Waals surface area contributed by atoms with Crippen LogP contribution < -0.4 is 5.73 Å². The molecule has 0 fully saturated rings. The van der Waals surface area contributed by atoms with Crippen LogP contribution in [0.15, 0.2) is 0 Å². The van der Waals surface area contributed by atoms with E-state index in [4.69, 9.17) is 17.3 Å². The van der Waals surface area contributed by atoms with Gasteiger partial charge in [-0.2, -0.15) is 0 Å². The molecule has 2 aromatic rings. The van der Waals surface area contributed by atoms with Gasteiger partial charge in [-0.1, -0.05) is 22.9 Å². The van der Waals surface area contributed by atoms with Crippen LogP contribution in [0.1, 0.15) is 5.82 Å². The molecule has 62 valence electrons. The third kappa shape index (κ3) is 1.11. The number of hydrogen-bond donors (Lipinski definition) is 1. The number of hydrogen-bond acceptors (Lipinski definition) is 5. The lowest BCUT2D eigenvalue weighted by Gasteiger charge is -1.91. The Morgan fingerprint density at radius 2 is 2.08 bits per heavy atom. The zero-order chi connectivity index (χ0) is 8.72. The van der Waals surface area contributed by atoms with Crippen molar-refractivity contribution in [2.45, 2.75) is 6.92 Å². The minimum absolute atomic E-state index is 0.423. The highest BCUT2D eigenvalue weighted by atomic mass is 35.5. The van der Waals surface area contributed by atoms with Crippen molar-refractivity contribution in [3.05, 3.63) is 11.0 Å². The Morgan fingerprint density at radius 3 is 2.83 bits per heavy atom. The predicted octanol–water partition coefficient (Wildman–Crippen LogP) is 1.63. The molecule has 0 aliphatic heterocycles. The molecule has 2 rings (SSSR count). The Bertz CT molecular complexity index is 438. The van der Waals surface area contributed by atoms with Gasteiger partial charge in [0.05, 0.1) is 0 Å². The van der Waals surface area contributed by atoms with Gasteiger partial charge in [0.25, 0.3) is 0 Å². The summed E-state index contributed by atoms with van der Waals surface area (Å²) in [4.78, 5) is 12.1. The van der Waals surface area contributed by atoms with Gasteiger partial charge >= 0.3 is 0 Å². The second-order valence-corrected chi connectivity index (χ2v) is 3.66. The normalized spacial score (nSPS) is 10.8. The predicted molar refractivity (Wildman–Crippen MR) is 49.4 cm³/mol. The van der Waals surface area contributed by atoms with Gasteiger partial charge in [-0.25, -0.2) is 15.0 Å². The van der Waals surface area contributed by atoms with E-state index >= 15 is 0 Å². The van der Waals surface area contributed by atoms with Crippen molar-refractivity contribution >= 4 is 38.4 Å². The Kier molecular flexibility index (Phi) is 1.62.